The smallest absolute Gasteiger partial charge is 0.251 e. The van der Waals surface area contributed by atoms with Gasteiger partial charge in [-0.3, -0.25) is 4.79 Å². The van der Waals surface area contributed by atoms with E-state index in [1.165, 1.54) is 7.11 Å². The quantitative estimate of drug-likeness (QED) is 0.645. The van der Waals surface area contributed by atoms with Gasteiger partial charge in [-0.25, -0.2) is 0 Å². The normalized spacial score (nSPS) is 12.2. The zero-order valence-corrected chi connectivity index (χ0v) is 10.1. The average molecular weight is 238 g/mol. The molecular weight excluding hydrogens is 220 g/mol. The Kier molecular flexibility index (Phi) is 4.93. The van der Waals surface area contributed by atoms with Crippen molar-refractivity contribution in [3.63, 3.8) is 0 Å². The van der Waals surface area contributed by atoms with E-state index in [9.17, 15) is 9.90 Å². The van der Waals surface area contributed by atoms with E-state index in [-0.39, 0.29) is 19.1 Å². The van der Waals surface area contributed by atoms with Gasteiger partial charge in [-0.15, -0.1) is 0 Å². The van der Waals surface area contributed by atoms with Gasteiger partial charge < -0.3 is 20.9 Å². The minimum absolute atomic E-state index is 0.153. The number of rotatable bonds is 5. The highest BCUT2D eigenvalue weighted by molar-refractivity contribution is 5.95. The summed E-state index contributed by atoms with van der Waals surface area (Å²) in [6, 6.07) is 5.13. The van der Waals surface area contributed by atoms with Crippen LogP contribution in [0.2, 0.25) is 0 Å². The number of ether oxygens (including phenoxy) is 1. The molecule has 0 aromatic heterocycles. The van der Waals surface area contributed by atoms with Crippen molar-refractivity contribution in [2.45, 2.75) is 13.0 Å². The summed E-state index contributed by atoms with van der Waals surface area (Å²) in [5.41, 5.74) is 7.62. The van der Waals surface area contributed by atoms with Crippen molar-refractivity contribution >= 4 is 11.6 Å². The SMILES string of the molecule is COCC(O)CNC(=O)c1cc(C)cc(N)c1. The van der Waals surface area contributed by atoms with E-state index in [2.05, 4.69) is 5.32 Å². The fourth-order valence-electron chi connectivity index (χ4n) is 1.51. The molecule has 17 heavy (non-hydrogen) atoms. The summed E-state index contributed by atoms with van der Waals surface area (Å²) in [4.78, 5) is 11.7. The molecule has 1 rings (SSSR count). The number of carbonyl (C=O) groups is 1. The fraction of sp³-hybridized carbons (Fsp3) is 0.417. The summed E-state index contributed by atoms with van der Waals surface area (Å²) in [6.45, 7) is 2.21. The molecule has 5 heteroatoms. The van der Waals surface area contributed by atoms with Gasteiger partial charge in [0.1, 0.15) is 0 Å². The molecule has 0 aliphatic rings. The van der Waals surface area contributed by atoms with Crippen LogP contribution in [0.5, 0.6) is 0 Å². The second-order valence-electron chi connectivity index (χ2n) is 3.95. The molecule has 1 atom stereocenters. The molecule has 1 aromatic rings. The number of nitrogens with one attached hydrogen (secondary N) is 1. The van der Waals surface area contributed by atoms with E-state index < -0.39 is 6.10 Å². The van der Waals surface area contributed by atoms with Gasteiger partial charge >= 0.3 is 0 Å². The fourth-order valence-corrected chi connectivity index (χ4v) is 1.51. The molecule has 1 unspecified atom stereocenters. The van der Waals surface area contributed by atoms with Crippen LogP contribution in [0.1, 0.15) is 15.9 Å². The van der Waals surface area contributed by atoms with Crippen LogP contribution in [0, 0.1) is 6.92 Å². The zero-order chi connectivity index (χ0) is 12.8. The van der Waals surface area contributed by atoms with Crippen molar-refractivity contribution in [1.82, 2.24) is 5.32 Å². The molecule has 0 radical (unpaired) electrons. The molecule has 1 aromatic carbocycles. The molecule has 0 fully saturated rings. The second-order valence-corrected chi connectivity index (χ2v) is 3.95. The third-order valence-corrected chi connectivity index (χ3v) is 2.22. The number of nitrogens with two attached hydrogens (primary N) is 1. The first-order valence-corrected chi connectivity index (χ1v) is 5.35. The van der Waals surface area contributed by atoms with Gasteiger partial charge in [-0.1, -0.05) is 0 Å². The van der Waals surface area contributed by atoms with Crippen molar-refractivity contribution < 1.29 is 14.6 Å². The summed E-state index contributed by atoms with van der Waals surface area (Å²) in [6.07, 6.45) is -0.703. The van der Waals surface area contributed by atoms with Gasteiger partial charge in [0.25, 0.3) is 5.91 Å². The molecule has 0 saturated carbocycles. The average Bonchev–Trinajstić information content (AvgIpc) is 2.25. The van der Waals surface area contributed by atoms with Gasteiger partial charge in [-0.2, -0.15) is 0 Å². The van der Waals surface area contributed by atoms with Gasteiger partial charge in [0.05, 0.1) is 12.7 Å². The van der Waals surface area contributed by atoms with Crippen molar-refractivity contribution in [3.05, 3.63) is 29.3 Å². The Bertz CT molecular complexity index is 373. The number of aliphatic hydroxyl groups is 1. The Labute approximate surface area is 101 Å². The van der Waals surface area contributed by atoms with Crippen molar-refractivity contribution in [2.24, 2.45) is 0 Å². The maximum Gasteiger partial charge on any atom is 0.251 e. The Morgan fingerprint density at radius 1 is 1.53 bits per heavy atom. The first kappa shape index (κ1) is 13.5. The van der Waals surface area contributed by atoms with Crippen LogP contribution in [0.3, 0.4) is 0 Å². The van der Waals surface area contributed by atoms with Gasteiger partial charge in [-0.05, 0) is 30.7 Å². The number of methoxy groups -OCH3 is 1. The topological polar surface area (TPSA) is 84.6 Å². The number of aliphatic hydroxyl groups excluding tert-OH is 1. The minimum Gasteiger partial charge on any atom is -0.399 e. The molecule has 94 valence electrons. The van der Waals surface area contributed by atoms with Gasteiger partial charge in [0, 0.05) is 24.9 Å². The lowest BCUT2D eigenvalue weighted by atomic mass is 10.1. The molecule has 0 aliphatic carbocycles. The first-order valence-electron chi connectivity index (χ1n) is 5.35. The Morgan fingerprint density at radius 3 is 2.82 bits per heavy atom. The van der Waals surface area contributed by atoms with E-state index in [0.29, 0.717) is 11.3 Å². The molecule has 4 N–H and O–H groups in total. The Hall–Kier alpha value is -1.59. The molecule has 0 saturated heterocycles. The van der Waals surface area contributed by atoms with E-state index in [1.54, 1.807) is 18.2 Å². The lowest BCUT2D eigenvalue weighted by Gasteiger charge is -2.11. The van der Waals surface area contributed by atoms with Crippen LogP contribution in [0.4, 0.5) is 5.69 Å². The number of hydrogen-bond donors (Lipinski definition) is 3. The highest BCUT2D eigenvalue weighted by Gasteiger charge is 2.09. The van der Waals surface area contributed by atoms with Crippen molar-refractivity contribution in [3.8, 4) is 0 Å². The van der Waals surface area contributed by atoms with Crippen LogP contribution in [0.15, 0.2) is 18.2 Å². The van der Waals surface area contributed by atoms with Crippen LogP contribution in [-0.4, -0.2) is 37.4 Å². The highest BCUT2D eigenvalue weighted by Crippen LogP contribution is 2.10. The maximum absolute atomic E-state index is 11.7. The van der Waals surface area contributed by atoms with Crippen LogP contribution >= 0.6 is 0 Å². The molecule has 0 aliphatic heterocycles. The third kappa shape index (κ3) is 4.42. The minimum atomic E-state index is -0.703. The maximum atomic E-state index is 11.7. The molecule has 5 nitrogen and oxygen atoms in total. The number of benzene rings is 1. The summed E-state index contributed by atoms with van der Waals surface area (Å²) in [7, 11) is 1.49. The van der Waals surface area contributed by atoms with E-state index in [0.717, 1.165) is 5.56 Å². The second kappa shape index (κ2) is 6.22. The van der Waals surface area contributed by atoms with Crippen molar-refractivity contribution in [1.29, 1.82) is 0 Å². The highest BCUT2D eigenvalue weighted by atomic mass is 16.5. The third-order valence-electron chi connectivity index (χ3n) is 2.22. The molecular formula is C12H18N2O3. The number of nitrogen functional groups attached to an aromatic ring is 1. The monoisotopic (exact) mass is 238 g/mol. The van der Waals surface area contributed by atoms with E-state index in [4.69, 9.17) is 10.5 Å². The molecule has 0 heterocycles. The Balaban J connectivity index is 2.58. The van der Waals surface area contributed by atoms with Crippen LogP contribution < -0.4 is 11.1 Å². The van der Waals surface area contributed by atoms with E-state index in [1.807, 2.05) is 6.92 Å². The van der Waals surface area contributed by atoms with Gasteiger partial charge in [0.2, 0.25) is 0 Å². The number of amides is 1. The molecule has 1 amide bonds. The number of carbonyl (C=O) groups excluding carboxylic acids is 1. The lowest BCUT2D eigenvalue weighted by molar-refractivity contribution is 0.0610. The lowest BCUT2D eigenvalue weighted by Crippen LogP contribution is -2.34. The largest absolute Gasteiger partial charge is 0.399 e. The van der Waals surface area contributed by atoms with Crippen LogP contribution in [0.25, 0.3) is 0 Å². The molecule has 0 spiro atoms. The number of aryl methyl sites for hydroxylation is 1. The summed E-state index contributed by atoms with van der Waals surface area (Å²) < 4.78 is 4.76. The van der Waals surface area contributed by atoms with E-state index >= 15 is 0 Å². The van der Waals surface area contributed by atoms with Crippen LogP contribution in [-0.2, 0) is 4.74 Å². The molecule has 0 bridgehead atoms. The Morgan fingerprint density at radius 2 is 2.24 bits per heavy atom. The zero-order valence-electron chi connectivity index (χ0n) is 10.1. The standard InChI is InChI=1S/C12H18N2O3/c1-8-3-9(5-10(13)4-8)12(16)14-6-11(15)7-17-2/h3-5,11,15H,6-7,13H2,1-2H3,(H,14,16). The van der Waals surface area contributed by atoms with Crippen molar-refractivity contribution in [2.75, 3.05) is 26.0 Å². The number of hydrogen-bond acceptors (Lipinski definition) is 4. The predicted molar refractivity (Wildman–Crippen MR) is 65.8 cm³/mol. The first-order chi connectivity index (χ1) is 8.02. The summed E-state index contributed by atoms with van der Waals surface area (Å²) >= 11 is 0. The van der Waals surface area contributed by atoms with Gasteiger partial charge in [0.15, 0.2) is 0 Å². The number of anilines is 1. The summed E-state index contributed by atoms with van der Waals surface area (Å²) in [5, 5.41) is 12.0. The summed E-state index contributed by atoms with van der Waals surface area (Å²) in [5.74, 6) is -0.254. The predicted octanol–water partition coefficient (Wildman–Crippen LogP) is 0.314.